The summed E-state index contributed by atoms with van der Waals surface area (Å²) in [7, 11) is -3.44. The van der Waals surface area contributed by atoms with Crippen molar-refractivity contribution in [1.29, 1.82) is 0 Å². The monoisotopic (exact) mass is 325 g/mol. The molecule has 3 heterocycles. The first-order valence-electron chi connectivity index (χ1n) is 6.97. The summed E-state index contributed by atoms with van der Waals surface area (Å²) < 4.78 is 29.9. The maximum atomic E-state index is 12.5. The molecule has 1 aliphatic heterocycles. The lowest BCUT2D eigenvalue weighted by atomic mass is 10.1. The van der Waals surface area contributed by atoms with Gasteiger partial charge in [0.25, 0.3) is 0 Å². The third-order valence-electron chi connectivity index (χ3n) is 3.72. The van der Waals surface area contributed by atoms with Gasteiger partial charge in [-0.1, -0.05) is 0 Å². The zero-order valence-electron chi connectivity index (χ0n) is 12.4. The summed E-state index contributed by atoms with van der Waals surface area (Å²) in [5.74, 6) is 1.05. The third-order valence-corrected chi connectivity index (χ3v) is 6.46. The maximum absolute atomic E-state index is 12.5. The summed E-state index contributed by atoms with van der Waals surface area (Å²) in [5.41, 5.74) is 0.984. The molecule has 5 nitrogen and oxygen atoms in total. The molecule has 0 bridgehead atoms. The molecule has 0 unspecified atom stereocenters. The molecule has 0 radical (unpaired) electrons. The van der Waals surface area contributed by atoms with E-state index in [0.717, 1.165) is 34.1 Å². The number of hydrogen-bond donors (Lipinski definition) is 1. The second-order valence-corrected chi connectivity index (χ2v) is 8.73. The van der Waals surface area contributed by atoms with Crippen molar-refractivity contribution in [2.45, 2.75) is 51.1 Å². The molecular formula is C14H19N3O2S2. The quantitative estimate of drug-likeness (QED) is 0.940. The Morgan fingerprint density at radius 3 is 2.81 bits per heavy atom. The highest BCUT2D eigenvalue weighted by Gasteiger charge is 2.26. The summed E-state index contributed by atoms with van der Waals surface area (Å²) in [6.45, 7) is 6.39. The average molecular weight is 325 g/mol. The zero-order valence-corrected chi connectivity index (χ0v) is 14.0. The Bertz CT molecular complexity index is 774. The van der Waals surface area contributed by atoms with Crippen LogP contribution in [-0.2, 0) is 23.0 Å². The lowest BCUT2D eigenvalue weighted by molar-refractivity contribution is 0.421. The predicted molar refractivity (Wildman–Crippen MR) is 83.2 cm³/mol. The van der Waals surface area contributed by atoms with Crippen LogP contribution in [-0.4, -0.2) is 24.0 Å². The normalized spacial score (nSPS) is 18.7. The maximum Gasteiger partial charge on any atom is 0.241 e. The number of thiophene rings is 1. The predicted octanol–water partition coefficient (Wildman–Crippen LogP) is 2.16. The molecule has 114 valence electrons. The number of hydrogen-bond acceptors (Lipinski definition) is 4. The number of aryl methyl sites for hydroxylation is 4. The molecule has 2 aromatic rings. The van der Waals surface area contributed by atoms with Crippen LogP contribution in [0.3, 0.4) is 0 Å². The molecule has 0 amide bonds. The number of sulfonamides is 1. The van der Waals surface area contributed by atoms with Crippen molar-refractivity contribution in [1.82, 2.24) is 14.3 Å². The molecule has 0 saturated heterocycles. The van der Waals surface area contributed by atoms with E-state index >= 15 is 0 Å². The van der Waals surface area contributed by atoms with Gasteiger partial charge in [0.15, 0.2) is 0 Å². The SMILES string of the molecule is Cc1cn2c(n1)CC[C@H](NS(=O)(=O)c1cc(C)sc1C)C2. The van der Waals surface area contributed by atoms with Crippen LogP contribution in [0.5, 0.6) is 0 Å². The molecule has 7 heteroatoms. The smallest absolute Gasteiger partial charge is 0.241 e. The first-order chi connectivity index (χ1) is 9.85. The standard InChI is InChI=1S/C14H19N3O2S2/c1-9-7-17-8-12(4-5-14(17)15-9)16-21(18,19)13-6-10(2)20-11(13)3/h6-7,12,16H,4-5,8H2,1-3H3/t12-/m0/s1. The van der Waals surface area contributed by atoms with Crippen LogP contribution < -0.4 is 4.72 Å². The van der Waals surface area contributed by atoms with Gasteiger partial charge in [0.05, 0.1) is 10.6 Å². The third kappa shape index (κ3) is 2.90. The number of rotatable bonds is 3. The van der Waals surface area contributed by atoms with Gasteiger partial charge in [-0.05, 0) is 33.3 Å². The number of fused-ring (bicyclic) bond motifs is 1. The van der Waals surface area contributed by atoms with Crippen molar-refractivity contribution in [3.8, 4) is 0 Å². The molecule has 0 fully saturated rings. The van der Waals surface area contributed by atoms with Crippen LogP contribution >= 0.6 is 11.3 Å². The summed E-state index contributed by atoms with van der Waals surface area (Å²) in [6, 6.07) is 1.67. The van der Waals surface area contributed by atoms with E-state index in [-0.39, 0.29) is 6.04 Å². The molecule has 0 saturated carbocycles. The van der Waals surface area contributed by atoms with Crippen molar-refractivity contribution < 1.29 is 8.42 Å². The molecule has 1 N–H and O–H groups in total. The molecule has 0 aromatic carbocycles. The van der Waals surface area contributed by atoms with Crippen LogP contribution in [0.2, 0.25) is 0 Å². The largest absolute Gasteiger partial charge is 0.333 e. The minimum Gasteiger partial charge on any atom is -0.333 e. The fourth-order valence-corrected chi connectivity index (χ4v) is 5.66. The van der Waals surface area contributed by atoms with Gasteiger partial charge in [0.1, 0.15) is 5.82 Å². The van der Waals surface area contributed by atoms with Crippen LogP contribution in [0.4, 0.5) is 0 Å². The van der Waals surface area contributed by atoms with E-state index < -0.39 is 10.0 Å². The van der Waals surface area contributed by atoms with Crippen molar-refractivity contribution in [2.75, 3.05) is 0 Å². The second kappa shape index (κ2) is 5.23. The van der Waals surface area contributed by atoms with E-state index in [9.17, 15) is 8.42 Å². The summed E-state index contributed by atoms with van der Waals surface area (Å²) in [4.78, 5) is 6.72. The number of nitrogens with one attached hydrogen (secondary N) is 1. The lowest BCUT2D eigenvalue weighted by Crippen LogP contribution is -2.40. The van der Waals surface area contributed by atoms with E-state index in [1.165, 1.54) is 11.3 Å². The van der Waals surface area contributed by atoms with E-state index in [1.54, 1.807) is 6.07 Å². The molecule has 1 atom stereocenters. The molecule has 2 aromatic heterocycles. The van der Waals surface area contributed by atoms with Gasteiger partial charge in [-0.3, -0.25) is 0 Å². The first kappa shape index (κ1) is 14.7. The Balaban J connectivity index is 1.79. The van der Waals surface area contributed by atoms with Crippen molar-refractivity contribution >= 4 is 21.4 Å². The number of aromatic nitrogens is 2. The minimum atomic E-state index is -3.44. The van der Waals surface area contributed by atoms with Gasteiger partial charge in [-0.15, -0.1) is 11.3 Å². The van der Waals surface area contributed by atoms with E-state index in [2.05, 4.69) is 14.3 Å². The topological polar surface area (TPSA) is 64.0 Å². The van der Waals surface area contributed by atoms with Crippen LogP contribution in [0.1, 0.15) is 27.7 Å². The van der Waals surface area contributed by atoms with Gasteiger partial charge in [-0.2, -0.15) is 0 Å². The van der Waals surface area contributed by atoms with Gasteiger partial charge in [0, 0.05) is 35.0 Å². The van der Waals surface area contributed by atoms with Gasteiger partial charge in [-0.25, -0.2) is 18.1 Å². The molecule has 3 rings (SSSR count). The molecule has 0 spiro atoms. The highest BCUT2D eigenvalue weighted by molar-refractivity contribution is 7.89. The summed E-state index contributed by atoms with van der Waals surface area (Å²) in [5, 5.41) is 0. The minimum absolute atomic E-state index is 0.0734. The molecule has 0 aliphatic carbocycles. The second-order valence-electron chi connectivity index (χ2n) is 5.59. The molecule has 21 heavy (non-hydrogen) atoms. The van der Waals surface area contributed by atoms with Gasteiger partial charge >= 0.3 is 0 Å². The van der Waals surface area contributed by atoms with Gasteiger partial charge in [0.2, 0.25) is 10.0 Å². The average Bonchev–Trinajstić information content (AvgIpc) is 2.90. The first-order valence-corrected chi connectivity index (χ1v) is 9.27. The Kier molecular flexibility index (Phi) is 3.67. The van der Waals surface area contributed by atoms with E-state index in [0.29, 0.717) is 11.4 Å². The number of nitrogens with zero attached hydrogens (tertiary/aromatic N) is 2. The Morgan fingerprint density at radius 2 is 2.14 bits per heavy atom. The number of imidazole rings is 1. The summed E-state index contributed by atoms with van der Waals surface area (Å²) >= 11 is 1.52. The van der Waals surface area contributed by atoms with Crippen molar-refractivity contribution in [2.24, 2.45) is 0 Å². The summed E-state index contributed by atoms with van der Waals surface area (Å²) in [6.07, 6.45) is 3.58. The molecule has 1 aliphatic rings. The van der Waals surface area contributed by atoms with Crippen LogP contribution in [0.15, 0.2) is 17.2 Å². The van der Waals surface area contributed by atoms with Crippen molar-refractivity contribution in [3.63, 3.8) is 0 Å². The lowest BCUT2D eigenvalue weighted by Gasteiger charge is -2.24. The van der Waals surface area contributed by atoms with Crippen LogP contribution in [0.25, 0.3) is 0 Å². The van der Waals surface area contributed by atoms with Crippen LogP contribution in [0, 0.1) is 20.8 Å². The molecular weight excluding hydrogens is 306 g/mol. The van der Waals surface area contributed by atoms with E-state index in [1.807, 2.05) is 27.0 Å². The Labute approximate surface area is 129 Å². The fourth-order valence-electron chi connectivity index (χ4n) is 2.84. The Morgan fingerprint density at radius 1 is 1.38 bits per heavy atom. The highest BCUT2D eigenvalue weighted by Crippen LogP contribution is 2.26. The van der Waals surface area contributed by atoms with Gasteiger partial charge < -0.3 is 4.57 Å². The zero-order chi connectivity index (χ0) is 15.2. The Hall–Kier alpha value is -1.18. The fraction of sp³-hybridized carbons (Fsp3) is 0.500. The highest BCUT2D eigenvalue weighted by atomic mass is 32.2. The van der Waals surface area contributed by atoms with E-state index in [4.69, 9.17) is 0 Å². The van der Waals surface area contributed by atoms with Crippen molar-refractivity contribution in [3.05, 3.63) is 33.5 Å².